The zero-order chi connectivity index (χ0) is 17.9. The number of carboxylic acid groups (broad SMARTS) is 1. The SMILES string of the molecule is CCCCOc1cccc(OCC(=O)NC(CC(C)C)C(=O)O)c1. The summed E-state index contributed by atoms with van der Waals surface area (Å²) in [6.45, 7) is 6.30. The molecule has 6 heteroatoms. The van der Waals surface area contributed by atoms with Crippen molar-refractivity contribution in [1.82, 2.24) is 5.32 Å². The predicted molar refractivity (Wildman–Crippen MR) is 91.4 cm³/mol. The summed E-state index contributed by atoms with van der Waals surface area (Å²) in [4.78, 5) is 23.0. The Morgan fingerprint density at radius 2 is 1.88 bits per heavy atom. The number of carbonyl (C=O) groups excluding carboxylic acids is 1. The molecule has 1 atom stereocenters. The number of hydrogen-bond donors (Lipinski definition) is 2. The average Bonchev–Trinajstić information content (AvgIpc) is 2.52. The van der Waals surface area contributed by atoms with Crippen molar-refractivity contribution in [2.45, 2.75) is 46.1 Å². The Kier molecular flexibility index (Phi) is 8.68. The summed E-state index contributed by atoms with van der Waals surface area (Å²) in [7, 11) is 0. The molecule has 0 aliphatic carbocycles. The maximum Gasteiger partial charge on any atom is 0.326 e. The molecule has 1 unspecified atom stereocenters. The molecule has 1 aromatic rings. The van der Waals surface area contributed by atoms with Gasteiger partial charge in [0.05, 0.1) is 6.61 Å². The molecule has 24 heavy (non-hydrogen) atoms. The number of ether oxygens (including phenoxy) is 2. The third-order valence-electron chi connectivity index (χ3n) is 3.28. The Bertz CT molecular complexity index is 530. The van der Waals surface area contributed by atoms with Gasteiger partial charge in [-0.1, -0.05) is 33.3 Å². The third kappa shape index (κ3) is 7.85. The molecular formula is C18H27NO5. The highest BCUT2D eigenvalue weighted by Crippen LogP contribution is 2.19. The zero-order valence-electron chi connectivity index (χ0n) is 14.6. The first-order valence-electron chi connectivity index (χ1n) is 8.30. The summed E-state index contributed by atoms with van der Waals surface area (Å²) in [5, 5.41) is 11.6. The molecule has 0 bridgehead atoms. The first-order chi connectivity index (χ1) is 11.4. The van der Waals surface area contributed by atoms with Gasteiger partial charge in [0.1, 0.15) is 17.5 Å². The van der Waals surface area contributed by atoms with Crippen molar-refractivity contribution in [2.24, 2.45) is 5.92 Å². The molecule has 1 aromatic carbocycles. The van der Waals surface area contributed by atoms with E-state index in [1.54, 1.807) is 18.2 Å². The Balaban J connectivity index is 2.48. The number of amides is 1. The molecule has 0 aromatic heterocycles. The highest BCUT2D eigenvalue weighted by molar-refractivity contribution is 5.84. The minimum Gasteiger partial charge on any atom is -0.493 e. The predicted octanol–water partition coefficient (Wildman–Crippen LogP) is 2.86. The van der Waals surface area contributed by atoms with E-state index in [1.165, 1.54) is 0 Å². The van der Waals surface area contributed by atoms with Crippen LogP contribution in [-0.2, 0) is 9.59 Å². The van der Waals surface area contributed by atoms with Gasteiger partial charge in [0, 0.05) is 6.07 Å². The number of rotatable bonds is 11. The third-order valence-corrected chi connectivity index (χ3v) is 3.28. The van der Waals surface area contributed by atoms with E-state index in [-0.39, 0.29) is 12.5 Å². The standard InChI is InChI=1S/C18H27NO5/c1-4-5-9-23-14-7-6-8-15(11-14)24-12-17(20)19-16(18(21)22)10-13(2)3/h6-8,11,13,16H,4-5,9-10,12H2,1-3H3,(H,19,20)(H,21,22). The van der Waals surface area contributed by atoms with Gasteiger partial charge in [0.15, 0.2) is 6.61 Å². The number of aliphatic carboxylic acids is 1. The van der Waals surface area contributed by atoms with E-state index < -0.39 is 17.9 Å². The van der Waals surface area contributed by atoms with Crippen molar-refractivity contribution >= 4 is 11.9 Å². The molecule has 0 saturated heterocycles. The molecule has 134 valence electrons. The maximum atomic E-state index is 11.9. The normalized spacial score (nSPS) is 11.8. The van der Waals surface area contributed by atoms with Crippen LogP contribution in [0.1, 0.15) is 40.0 Å². The van der Waals surface area contributed by atoms with Crippen LogP contribution in [0, 0.1) is 5.92 Å². The lowest BCUT2D eigenvalue weighted by atomic mass is 10.0. The monoisotopic (exact) mass is 337 g/mol. The molecule has 0 aliphatic rings. The summed E-state index contributed by atoms with van der Waals surface area (Å²) in [5.41, 5.74) is 0. The van der Waals surface area contributed by atoms with Crippen molar-refractivity contribution in [2.75, 3.05) is 13.2 Å². The van der Waals surface area contributed by atoms with Crippen LogP contribution in [0.2, 0.25) is 0 Å². The quantitative estimate of drug-likeness (QED) is 0.607. The second-order valence-electron chi connectivity index (χ2n) is 6.05. The Labute approximate surface area is 143 Å². The lowest BCUT2D eigenvalue weighted by molar-refractivity contribution is -0.142. The first-order valence-corrected chi connectivity index (χ1v) is 8.30. The zero-order valence-corrected chi connectivity index (χ0v) is 14.6. The lowest BCUT2D eigenvalue weighted by Crippen LogP contribution is -2.43. The molecule has 0 saturated carbocycles. The summed E-state index contributed by atoms with van der Waals surface area (Å²) in [6, 6.07) is 6.15. The van der Waals surface area contributed by atoms with Crippen LogP contribution < -0.4 is 14.8 Å². The Morgan fingerprint density at radius 3 is 2.46 bits per heavy atom. The lowest BCUT2D eigenvalue weighted by Gasteiger charge is -2.16. The molecule has 0 fully saturated rings. The fourth-order valence-corrected chi connectivity index (χ4v) is 2.07. The fraction of sp³-hybridized carbons (Fsp3) is 0.556. The van der Waals surface area contributed by atoms with Crippen LogP contribution in [0.4, 0.5) is 0 Å². The molecule has 0 spiro atoms. The highest BCUT2D eigenvalue weighted by atomic mass is 16.5. The number of hydrogen-bond acceptors (Lipinski definition) is 4. The van der Waals surface area contributed by atoms with Gasteiger partial charge in [-0.2, -0.15) is 0 Å². The molecular weight excluding hydrogens is 310 g/mol. The summed E-state index contributed by atoms with van der Waals surface area (Å²) in [6.07, 6.45) is 2.40. The summed E-state index contributed by atoms with van der Waals surface area (Å²) in [5.74, 6) is -0.132. The van der Waals surface area contributed by atoms with Crippen molar-refractivity contribution in [3.05, 3.63) is 24.3 Å². The first kappa shape index (κ1) is 19.8. The van der Waals surface area contributed by atoms with Gasteiger partial charge in [0.25, 0.3) is 5.91 Å². The maximum absolute atomic E-state index is 11.9. The fourth-order valence-electron chi connectivity index (χ4n) is 2.07. The highest BCUT2D eigenvalue weighted by Gasteiger charge is 2.21. The number of unbranched alkanes of at least 4 members (excludes halogenated alkanes) is 1. The number of nitrogens with one attached hydrogen (secondary N) is 1. The average molecular weight is 337 g/mol. The molecule has 6 nitrogen and oxygen atoms in total. The molecule has 0 radical (unpaired) electrons. The van der Waals surface area contributed by atoms with Gasteiger partial charge >= 0.3 is 5.97 Å². The van der Waals surface area contributed by atoms with Gasteiger partial charge in [0.2, 0.25) is 0 Å². The van der Waals surface area contributed by atoms with Crippen molar-refractivity contribution in [3.63, 3.8) is 0 Å². The van der Waals surface area contributed by atoms with E-state index in [2.05, 4.69) is 12.2 Å². The smallest absolute Gasteiger partial charge is 0.326 e. The molecule has 0 heterocycles. The molecule has 2 N–H and O–H groups in total. The van der Waals surface area contributed by atoms with Crippen LogP contribution >= 0.6 is 0 Å². The Hall–Kier alpha value is -2.24. The van der Waals surface area contributed by atoms with Crippen LogP contribution in [0.3, 0.4) is 0 Å². The largest absolute Gasteiger partial charge is 0.493 e. The van der Waals surface area contributed by atoms with E-state index in [1.807, 2.05) is 19.9 Å². The van der Waals surface area contributed by atoms with Crippen LogP contribution in [0.25, 0.3) is 0 Å². The minimum atomic E-state index is -1.04. The van der Waals surface area contributed by atoms with Gasteiger partial charge in [-0.25, -0.2) is 4.79 Å². The van der Waals surface area contributed by atoms with E-state index in [9.17, 15) is 9.59 Å². The van der Waals surface area contributed by atoms with Crippen molar-refractivity contribution < 1.29 is 24.2 Å². The number of carboxylic acids is 1. The second kappa shape index (κ2) is 10.5. The van der Waals surface area contributed by atoms with Crippen LogP contribution in [0.5, 0.6) is 11.5 Å². The van der Waals surface area contributed by atoms with Gasteiger partial charge in [-0.3, -0.25) is 4.79 Å². The Morgan fingerprint density at radius 1 is 1.21 bits per heavy atom. The van der Waals surface area contributed by atoms with E-state index in [4.69, 9.17) is 14.6 Å². The topological polar surface area (TPSA) is 84.9 Å². The number of benzene rings is 1. The molecule has 1 amide bonds. The van der Waals surface area contributed by atoms with Gasteiger partial charge in [-0.05, 0) is 30.9 Å². The minimum absolute atomic E-state index is 0.171. The number of carbonyl (C=O) groups is 2. The summed E-state index contributed by atoms with van der Waals surface area (Å²) >= 11 is 0. The van der Waals surface area contributed by atoms with Gasteiger partial charge < -0.3 is 19.9 Å². The van der Waals surface area contributed by atoms with E-state index in [0.29, 0.717) is 24.5 Å². The van der Waals surface area contributed by atoms with E-state index >= 15 is 0 Å². The van der Waals surface area contributed by atoms with Crippen molar-refractivity contribution in [3.8, 4) is 11.5 Å². The molecule has 0 aliphatic heterocycles. The van der Waals surface area contributed by atoms with Crippen LogP contribution in [0.15, 0.2) is 24.3 Å². The summed E-state index contributed by atoms with van der Waals surface area (Å²) < 4.78 is 11.0. The van der Waals surface area contributed by atoms with Gasteiger partial charge in [-0.15, -0.1) is 0 Å². The van der Waals surface area contributed by atoms with Crippen LogP contribution in [-0.4, -0.2) is 36.2 Å². The molecule has 1 rings (SSSR count). The second-order valence-corrected chi connectivity index (χ2v) is 6.05. The van der Waals surface area contributed by atoms with E-state index in [0.717, 1.165) is 12.8 Å². The van der Waals surface area contributed by atoms with Crippen molar-refractivity contribution in [1.29, 1.82) is 0 Å².